The van der Waals surface area contributed by atoms with Crippen LogP contribution in [0.25, 0.3) is 0 Å². The molecule has 6 heteroatoms. The second-order valence-corrected chi connectivity index (χ2v) is 2.85. The van der Waals surface area contributed by atoms with Crippen LogP contribution >= 0.6 is 11.6 Å². The summed E-state index contributed by atoms with van der Waals surface area (Å²) in [5, 5.41) is 10.5. The molecule has 0 saturated carbocycles. The Morgan fingerprint density at radius 1 is 1.43 bits per heavy atom. The van der Waals surface area contributed by atoms with Gasteiger partial charge in [0.25, 0.3) is 5.91 Å². The van der Waals surface area contributed by atoms with Gasteiger partial charge in [0, 0.05) is 18.0 Å². The normalized spacial score (nSPS) is 11.8. The van der Waals surface area contributed by atoms with E-state index in [9.17, 15) is 9.59 Å². The zero-order valence-corrected chi connectivity index (χ0v) is 7.73. The number of amides is 1. The van der Waals surface area contributed by atoms with Crippen molar-refractivity contribution in [2.24, 2.45) is 0 Å². The number of alkyl halides is 1. The van der Waals surface area contributed by atoms with Crippen LogP contribution in [0.15, 0.2) is 24.5 Å². The lowest BCUT2D eigenvalue weighted by Gasteiger charge is -2.06. The summed E-state index contributed by atoms with van der Waals surface area (Å²) in [6.45, 7) is 0. The van der Waals surface area contributed by atoms with Crippen molar-refractivity contribution in [1.29, 1.82) is 0 Å². The minimum atomic E-state index is -1.42. The molecule has 0 aliphatic heterocycles. The first-order valence-corrected chi connectivity index (χ1v) is 4.12. The van der Waals surface area contributed by atoms with Gasteiger partial charge in [-0.15, -0.1) is 0 Å². The van der Waals surface area contributed by atoms with Gasteiger partial charge in [-0.25, -0.2) is 4.79 Å². The van der Waals surface area contributed by atoms with E-state index in [-0.39, 0.29) is 0 Å². The minimum Gasteiger partial charge on any atom is -0.479 e. The molecule has 0 spiro atoms. The van der Waals surface area contributed by atoms with Crippen molar-refractivity contribution >= 4 is 23.5 Å². The molecule has 1 amide bonds. The topological polar surface area (TPSA) is 79.3 Å². The Hall–Kier alpha value is -1.62. The first kappa shape index (κ1) is 10.5. The largest absolute Gasteiger partial charge is 0.479 e. The molecule has 1 aromatic heterocycles. The van der Waals surface area contributed by atoms with Crippen LogP contribution in [0.2, 0.25) is 0 Å². The number of pyridine rings is 1. The molecular formula is C8H7ClN2O3. The van der Waals surface area contributed by atoms with Gasteiger partial charge in [-0.05, 0) is 12.1 Å². The average Bonchev–Trinajstić information content (AvgIpc) is 2.19. The molecule has 5 nitrogen and oxygen atoms in total. The highest BCUT2D eigenvalue weighted by molar-refractivity contribution is 6.30. The average molecular weight is 215 g/mol. The van der Waals surface area contributed by atoms with Crippen molar-refractivity contribution in [3.8, 4) is 0 Å². The number of carboxylic acid groups (broad SMARTS) is 1. The van der Waals surface area contributed by atoms with Crippen molar-refractivity contribution < 1.29 is 14.7 Å². The molecule has 0 saturated heterocycles. The fourth-order valence-corrected chi connectivity index (χ4v) is 0.863. The van der Waals surface area contributed by atoms with E-state index in [1.807, 2.05) is 0 Å². The number of hydrogen-bond acceptors (Lipinski definition) is 3. The number of aromatic nitrogens is 1. The highest BCUT2D eigenvalue weighted by atomic mass is 35.5. The van der Waals surface area contributed by atoms with E-state index in [4.69, 9.17) is 16.7 Å². The second kappa shape index (κ2) is 4.57. The minimum absolute atomic E-state index is 0.312. The van der Waals surface area contributed by atoms with E-state index in [2.05, 4.69) is 10.3 Å². The summed E-state index contributed by atoms with van der Waals surface area (Å²) in [6, 6.07) is 2.92. The Morgan fingerprint density at radius 3 is 2.50 bits per heavy atom. The van der Waals surface area contributed by atoms with Crippen molar-refractivity contribution in [1.82, 2.24) is 10.3 Å². The third kappa shape index (κ3) is 2.70. The first-order chi connectivity index (χ1) is 6.61. The molecule has 14 heavy (non-hydrogen) atoms. The van der Waals surface area contributed by atoms with Crippen LogP contribution in [0.5, 0.6) is 0 Å². The number of halogens is 1. The third-order valence-electron chi connectivity index (χ3n) is 1.42. The maximum Gasteiger partial charge on any atom is 0.341 e. The lowest BCUT2D eigenvalue weighted by Crippen LogP contribution is -2.36. The Labute approximate surface area is 84.7 Å². The van der Waals surface area contributed by atoms with Crippen molar-refractivity contribution in [3.63, 3.8) is 0 Å². The van der Waals surface area contributed by atoms with Crippen LogP contribution < -0.4 is 5.32 Å². The molecule has 74 valence electrons. The van der Waals surface area contributed by atoms with Crippen molar-refractivity contribution in [2.45, 2.75) is 5.50 Å². The van der Waals surface area contributed by atoms with Crippen molar-refractivity contribution in [2.75, 3.05) is 0 Å². The van der Waals surface area contributed by atoms with Gasteiger partial charge in [-0.1, -0.05) is 11.6 Å². The Morgan fingerprint density at radius 2 is 2.00 bits per heavy atom. The number of nitrogens with one attached hydrogen (secondary N) is 1. The monoisotopic (exact) mass is 214 g/mol. The molecule has 1 rings (SSSR count). The SMILES string of the molecule is O=C(NC(Cl)C(=O)O)c1ccncc1. The van der Waals surface area contributed by atoms with Gasteiger partial charge in [0.2, 0.25) is 5.50 Å². The molecule has 1 heterocycles. The standard InChI is InChI=1S/C8H7ClN2O3/c9-6(8(13)14)11-7(12)5-1-3-10-4-2-5/h1-4,6H,(H,11,12)(H,13,14). The number of hydrogen-bond donors (Lipinski definition) is 2. The van der Waals surface area contributed by atoms with E-state index in [1.54, 1.807) is 0 Å². The van der Waals surface area contributed by atoms with Crippen molar-refractivity contribution in [3.05, 3.63) is 30.1 Å². The van der Waals surface area contributed by atoms with Crippen LogP contribution in [0.1, 0.15) is 10.4 Å². The number of rotatable bonds is 3. The summed E-state index contributed by atoms with van der Waals surface area (Å²) < 4.78 is 0. The molecule has 0 aliphatic rings. The maximum absolute atomic E-state index is 11.3. The van der Waals surface area contributed by atoms with Gasteiger partial charge < -0.3 is 10.4 Å². The molecule has 0 aromatic carbocycles. The number of nitrogens with zero attached hydrogens (tertiary/aromatic N) is 1. The lowest BCUT2D eigenvalue weighted by molar-refractivity contribution is -0.137. The molecule has 0 radical (unpaired) electrons. The second-order valence-electron chi connectivity index (χ2n) is 2.41. The summed E-state index contributed by atoms with van der Waals surface area (Å²) in [5.41, 5.74) is -1.11. The zero-order valence-electron chi connectivity index (χ0n) is 6.98. The van der Waals surface area contributed by atoms with Gasteiger partial charge >= 0.3 is 5.97 Å². The van der Waals surface area contributed by atoms with Crippen LogP contribution in [0.4, 0.5) is 0 Å². The van der Waals surface area contributed by atoms with Crippen LogP contribution in [0.3, 0.4) is 0 Å². The molecular weight excluding hydrogens is 208 g/mol. The van der Waals surface area contributed by atoms with E-state index >= 15 is 0 Å². The Balaban J connectivity index is 2.64. The third-order valence-corrected chi connectivity index (χ3v) is 1.71. The molecule has 2 N–H and O–H groups in total. The summed E-state index contributed by atoms with van der Waals surface area (Å²) in [6.07, 6.45) is 2.86. The predicted molar refractivity (Wildman–Crippen MR) is 49.0 cm³/mol. The van der Waals surface area contributed by atoms with Gasteiger partial charge in [-0.2, -0.15) is 0 Å². The van der Waals surface area contributed by atoms with Crippen LogP contribution in [0, 0.1) is 0 Å². The smallest absolute Gasteiger partial charge is 0.341 e. The highest BCUT2D eigenvalue weighted by Gasteiger charge is 2.16. The molecule has 1 atom stereocenters. The maximum atomic E-state index is 11.3. The first-order valence-electron chi connectivity index (χ1n) is 3.69. The highest BCUT2D eigenvalue weighted by Crippen LogP contribution is 1.98. The predicted octanol–water partition coefficient (Wildman–Crippen LogP) is 0.461. The van der Waals surface area contributed by atoms with E-state index < -0.39 is 17.4 Å². The number of carbonyl (C=O) groups is 2. The number of carbonyl (C=O) groups excluding carboxylic acids is 1. The molecule has 1 aromatic rings. The van der Waals surface area contributed by atoms with E-state index in [1.165, 1.54) is 24.5 Å². The molecule has 0 bridgehead atoms. The summed E-state index contributed by atoms with van der Waals surface area (Å²) >= 11 is 5.31. The van der Waals surface area contributed by atoms with Crippen LogP contribution in [-0.4, -0.2) is 27.5 Å². The fraction of sp³-hybridized carbons (Fsp3) is 0.125. The van der Waals surface area contributed by atoms with Gasteiger partial charge in [0.05, 0.1) is 0 Å². The van der Waals surface area contributed by atoms with E-state index in [0.717, 1.165) is 0 Å². The Kier molecular flexibility index (Phi) is 3.41. The zero-order chi connectivity index (χ0) is 10.6. The van der Waals surface area contributed by atoms with Gasteiger partial charge in [0.1, 0.15) is 0 Å². The lowest BCUT2D eigenvalue weighted by atomic mass is 10.2. The number of carboxylic acids is 1. The molecule has 1 unspecified atom stereocenters. The van der Waals surface area contributed by atoms with Gasteiger partial charge in [0.15, 0.2) is 0 Å². The summed E-state index contributed by atoms with van der Waals surface area (Å²) in [4.78, 5) is 25.3. The fourth-order valence-electron chi connectivity index (χ4n) is 0.763. The molecule has 0 fully saturated rings. The summed E-state index contributed by atoms with van der Waals surface area (Å²) in [5.74, 6) is -1.84. The Bertz CT molecular complexity index is 342. The van der Waals surface area contributed by atoms with Gasteiger partial charge in [-0.3, -0.25) is 9.78 Å². The summed E-state index contributed by atoms with van der Waals surface area (Å²) in [7, 11) is 0. The quantitative estimate of drug-likeness (QED) is 0.566. The van der Waals surface area contributed by atoms with Crippen LogP contribution in [-0.2, 0) is 4.79 Å². The molecule has 0 aliphatic carbocycles. The number of aliphatic carboxylic acids is 1. The van der Waals surface area contributed by atoms with E-state index in [0.29, 0.717) is 5.56 Å².